The summed E-state index contributed by atoms with van der Waals surface area (Å²) in [5.74, 6) is -1.28. The molecule has 0 aromatic heterocycles. The standard InChI is InChI=1S/C39H54N3O5P/c1-10-11-26-40-36(44)33(27(2)46-38(4,5)6)42-37(45)34(28(3)47-39(7,8)9)41-35(43)31-24-18-19-25-32(31)48(29-20-14-12-15-21-29)30-22-16-13-17-23-30/h12-25,27-28,33-34H,10-11,26H2,1-9H3,(H,40,44)(H,41,43)(H,42,45)/t27-,28+,33+,34-/m0/s1. The second-order valence-corrected chi connectivity index (χ2v) is 16.2. The number of hydrogen-bond acceptors (Lipinski definition) is 5. The summed E-state index contributed by atoms with van der Waals surface area (Å²) in [7, 11) is -1.09. The van der Waals surface area contributed by atoms with E-state index in [1.807, 2.05) is 103 Å². The zero-order valence-electron chi connectivity index (χ0n) is 30.0. The van der Waals surface area contributed by atoms with Crippen LogP contribution < -0.4 is 31.9 Å². The van der Waals surface area contributed by atoms with E-state index in [1.165, 1.54) is 0 Å². The van der Waals surface area contributed by atoms with Gasteiger partial charge in [-0.05, 0) is 91.7 Å². The van der Waals surface area contributed by atoms with Crippen LogP contribution in [-0.2, 0) is 19.1 Å². The zero-order valence-corrected chi connectivity index (χ0v) is 30.9. The fourth-order valence-electron chi connectivity index (χ4n) is 5.45. The van der Waals surface area contributed by atoms with E-state index in [-0.39, 0.29) is 5.91 Å². The van der Waals surface area contributed by atoms with Crippen molar-refractivity contribution in [1.82, 2.24) is 16.0 Å². The maximum absolute atomic E-state index is 14.3. The average molecular weight is 676 g/mol. The molecule has 0 saturated carbocycles. The molecular formula is C39H54N3O5P. The Kier molecular flexibility index (Phi) is 14.3. The van der Waals surface area contributed by atoms with Gasteiger partial charge in [-0.25, -0.2) is 0 Å². The largest absolute Gasteiger partial charge is 0.370 e. The van der Waals surface area contributed by atoms with E-state index >= 15 is 0 Å². The van der Waals surface area contributed by atoms with Gasteiger partial charge in [0.05, 0.1) is 23.4 Å². The van der Waals surface area contributed by atoms with Crippen LogP contribution in [0.15, 0.2) is 84.9 Å². The van der Waals surface area contributed by atoms with Crippen LogP contribution in [0.1, 0.15) is 85.5 Å². The summed E-state index contributed by atoms with van der Waals surface area (Å²) in [6, 6.07) is 25.7. The molecule has 9 heteroatoms. The van der Waals surface area contributed by atoms with Gasteiger partial charge >= 0.3 is 0 Å². The number of amides is 3. The summed E-state index contributed by atoms with van der Waals surface area (Å²) in [5.41, 5.74) is -0.688. The third kappa shape index (κ3) is 11.8. The lowest BCUT2D eigenvalue weighted by molar-refractivity contribution is -0.141. The van der Waals surface area contributed by atoms with Gasteiger partial charge in [-0.15, -0.1) is 0 Å². The van der Waals surface area contributed by atoms with Gasteiger partial charge < -0.3 is 25.4 Å². The molecule has 3 amide bonds. The van der Waals surface area contributed by atoms with Crippen LogP contribution in [0.3, 0.4) is 0 Å². The molecule has 0 saturated heterocycles. The normalized spacial score (nSPS) is 14.5. The Bertz CT molecular complexity index is 1430. The summed E-state index contributed by atoms with van der Waals surface area (Å²) < 4.78 is 12.4. The number of nitrogens with one attached hydrogen (secondary N) is 3. The summed E-state index contributed by atoms with van der Waals surface area (Å²) in [5, 5.41) is 11.9. The fraction of sp³-hybridized carbons (Fsp3) is 0.462. The molecule has 48 heavy (non-hydrogen) atoms. The van der Waals surface area contributed by atoms with Gasteiger partial charge in [-0.3, -0.25) is 14.4 Å². The first kappa shape index (κ1) is 38.9. The molecule has 0 bridgehead atoms. The van der Waals surface area contributed by atoms with Gasteiger partial charge in [0, 0.05) is 12.1 Å². The lowest BCUT2D eigenvalue weighted by Crippen LogP contribution is -2.61. The van der Waals surface area contributed by atoms with Gasteiger partial charge in [-0.1, -0.05) is 92.2 Å². The quantitative estimate of drug-likeness (QED) is 0.149. The molecule has 3 N–H and O–H groups in total. The third-order valence-electron chi connectivity index (χ3n) is 7.41. The second kappa shape index (κ2) is 17.7. The molecule has 3 rings (SSSR count). The number of carbonyl (C=O) groups is 3. The van der Waals surface area contributed by atoms with Crippen molar-refractivity contribution in [1.29, 1.82) is 0 Å². The van der Waals surface area contributed by atoms with Crippen molar-refractivity contribution in [3.8, 4) is 0 Å². The average Bonchev–Trinajstić information content (AvgIpc) is 3.02. The van der Waals surface area contributed by atoms with Crippen LogP contribution in [0, 0.1) is 0 Å². The molecular weight excluding hydrogens is 621 g/mol. The second-order valence-electron chi connectivity index (χ2n) is 14.0. The molecule has 0 aliphatic rings. The minimum Gasteiger partial charge on any atom is -0.370 e. The summed E-state index contributed by atoms with van der Waals surface area (Å²) in [6.45, 7) is 17.4. The van der Waals surface area contributed by atoms with Gasteiger partial charge in [-0.2, -0.15) is 0 Å². The first-order valence-electron chi connectivity index (χ1n) is 16.8. The number of ether oxygens (including phenoxy) is 2. The molecule has 260 valence electrons. The van der Waals surface area contributed by atoms with Gasteiger partial charge in [0.15, 0.2) is 0 Å². The van der Waals surface area contributed by atoms with Gasteiger partial charge in [0.1, 0.15) is 12.1 Å². The molecule has 0 heterocycles. The number of unbranched alkanes of at least 4 members (excludes halogenated alkanes) is 1. The predicted octanol–water partition coefficient (Wildman–Crippen LogP) is 5.35. The number of carbonyl (C=O) groups excluding carboxylic acids is 3. The third-order valence-corrected chi connectivity index (χ3v) is 9.92. The molecule has 4 atom stereocenters. The monoisotopic (exact) mass is 675 g/mol. The SMILES string of the molecule is CCCCNC(=O)[C@H](NC(=O)[C@@H](NC(=O)c1ccccc1P(c1ccccc1)c1ccccc1)[C@@H](C)OC(C)(C)C)[C@H](C)OC(C)(C)C. The first-order chi connectivity index (χ1) is 22.6. The van der Waals surface area contributed by atoms with Gasteiger partial charge in [0.2, 0.25) is 11.8 Å². The lowest BCUT2D eigenvalue weighted by atomic mass is 10.1. The molecule has 0 unspecified atom stereocenters. The number of rotatable bonds is 15. The van der Waals surface area contributed by atoms with Gasteiger partial charge in [0.25, 0.3) is 5.91 Å². The van der Waals surface area contributed by atoms with E-state index < -0.39 is 55.2 Å². The van der Waals surface area contributed by atoms with Crippen LogP contribution in [-0.4, -0.2) is 59.8 Å². The Labute approximate surface area is 288 Å². The molecule has 0 aliphatic heterocycles. The molecule has 0 radical (unpaired) electrons. The topological polar surface area (TPSA) is 106 Å². The van der Waals surface area contributed by atoms with E-state index in [2.05, 4.69) is 40.2 Å². The molecule has 8 nitrogen and oxygen atoms in total. The summed E-state index contributed by atoms with van der Waals surface area (Å²) in [6.07, 6.45) is 0.351. The number of hydrogen-bond donors (Lipinski definition) is 3. The van der Waals surface area contributed by atoms with Crippen LogP contribution >= 0.6 is 7.92 Å². The van der Waals surface area contributed by atoms with Crippen LogP contribution in [0.2, 0.25) is 0 Å². The zero-order chi connectivity index (χ0) is 35.5. The summed E-state index contributed by atoms with van der Waals surface area (Å²) in [4.78, 5) is 41.9. The van der Waals surface area contributed by atoms with Crippen LogP contribution in [0.4, 0.5) is 0 Å². The predicted molar refractivity (Wildman–Crippen MR) is 197 cm³/mol. The van der Waals surface area contributed by atoms with Crippen LogP contribution in [0.5, 0.6) is 0 Å². The molecule has 0 spiro atoms. The Morgan fingerprint density at radius 3 is 1.60 bits per heavy atom. The Balaban J connectivity index is 2.01. The van der Waals surface area contributed by atoms with Crippen molar-refractivity contribution >= 4 is 41.6 Å². The maximum Gasteiger partial charge on any atom is 0.252 e. The Morgan fingerprint density at radius 1 is 0.667 bits per heavy atom. The molecule has 0 aliphatic carbocycles. The highest BCUT2D eigenvalue weighted by Gasteiger charge is 2.37. The van der Waals surface area contributed by atoms with Crippen molar-refractivity contribution in [3.05, 3.63) is 90.5 Å². The minimum atomic E-state index is -1.11. The maximum atomic E-state index is 14.3. The Hall–Kier alpha value is -3.58. The first-order valence-corrected chi connectivity index (χ1v) is 18.2. The summed E-state index contributed by atoms with van der Waals surface area (Å²) >= 11 is 0. The van der Waals surface area contributed by atoms with Crippen molar-refractivity contribution in [2.45, 2.75) is 111 Å². The van der Waals surface area contributed by atoms with Crippen LogP contribution in [0.25, 0.3) is 0 Å². The van der Waals surface area contributed by atoms with E-state index in [4.69, 9.17) is 9.47 Å². The van der Waals surface area contributed by atoms with Crippen molar-refractivity contribution in [2.75, 3.05) is 6.54 Å². The lowest BCUT2D eigenvalue weighted by Gasteiger charge is -2.34. The highest BCUT2D eigenvalue weighted by Crippen LogP contribution is 2.34. The molecule has 3 aromatic carbocycles. The molecule has 3 aromatic rings. The van der Waals surface area contributed by atoms with E-state index in [9.17, 15) is 14.4 Å². The smallest absolute Gasteiger partial charge is 0.252 e. The minimum absolute atomic E-state index is 0.343. The van der Waals surface area contributed by atoms with E-state index in [1.54, 1.807) is 19.9 Å². The van der Waals surface area contributed by atoms with E-state index in [0.717, 1.165) is 28.8 Å². The van der Waals surface area contributed by atoms with E-state index in [0.29, 0.717) is 12.1 Å². The Morgan fingerprint density at radius 2 is 1.12 bits per heavy atom. The highest BCUT2D eigenvalue weighted by atomic mass is 31.1. The highest BCUT2D eigenvalue weighted by molar-refractivity contribution is 7.80. The van der Waals surface area contributed by atoms with Crippen molar-refractivity contribution < 1.29 is 23.9 Å². The number of benzene rings is 3. The van der Waals surface area contributed by atoms with Crippen molar-refractivity contribution in [3.63, 3.8) is 0 Å². The fourth-order valence-corrected chi connectivity index (χ4v) is 7.89. The van der Waals surface area contributed by atoms with Crippen molar-refractivity contribution in [2.24, 2.45) is 0 Å². The molecule has 0 fully saturated rings.